The molecular weight excluding hydrogens is 703 g/mol. The maximum absolute atomic E-state index is 5.78. The normalized spacial score (nSPS) is 13.2. The minimum absolute atomic E-state index is 0.211. The molecule has 0 radical (unpaired) electrons. The fraction of sp³-hybridized carbons (Fsp3) is 0.164. The molecule has 0 amide bonds. The van der Waals surface area contributed by atoms with Crippen molar-refractivity contribution in [2.75, 3.05) is 4.90 Å². The van der Waals surface area contributed by atoms with Gasteiger partial charge in [-0.15, -0.1) is 0 Å². The number of aromatic nitrogens is 2. The monoisotopic (exact) mass is 751 g/mol. The predicted molar refractivity (Wildman–Crippen MR) is 243 cm³/mol. The Morgan fingerprint density at radius 2 is 0.724 bits per heavy atom. The molecule has 9 rings (SSSR count). The van der Waals surface area contributed by atoms with E-state index in [-0.39, 0.29) is 5.54 Å². The van der Waals surface area contributed by atoms with Crippen molar-refractivity contribution < 1.29 is 0 Å². The first-order valence-electron chi connectivity index (χ1n) is 20.4. The number of anilines is 2. The Hall–Kier alpha value is -6.58. The summed E-state index contributed by atoms with van der Waals surface area (Å²) < 4.78 is 0. The highest BCUT2D eigenvalue weighted by Crippen LogP contribution is 2.57. The molecule has 0 fully saturated rings. The number of aryl methyl sites for hydroxylation is 4. The summed E-state index contributed by atoms with van der Waals surface area (Å²) in [6.45, 7) is 15.7. The van der Waals surface area contributed by atoms with Crippen molar-refractivity contribution >= 4 is 11.4 Å². The van der Waals surface area contributed by atoms with Crippen molar-refractivity contribution in [2.24, 2.45) is 0 Å². The lowest BCUT2D eigenvalue weighted by molar-refractivity contribution is 0.539. The quantitative estimate of drug-likeness (QED) is 0.169. The molecule has 0 unspecified atom stereocenters. The average Bonchev–Trinajstić information content (AvgIpc) is 3.22. The van der Waals surface area contributed by atoms with Crippen LogP contribution < -0.4 is 4.90 Å². The number of para-hydroxylation sites is 2. The number of rotatable bonds is 6. The lowest BCUT2D eigenvalue weighted by atomic mass is 9.65. The largest absolute Gasteiger partial charge is 0.336 e. The summed E-state index contributed by atoms with van der Waals surface area (Å²) in [5.41, 5.74) is 19.4. The third-order valence-electron chi connectivity index (χ3n) is 11.9. The number of nitrogens with zero attached hydrogens (tertiary/aromatic N) is 3. The van der Waals surface area contributed by atoms with E-state index in [9.17, 15) is 0 Å². The molecule has 284 valence electrons. The van der Waals surface area contributed by atoms with Crippen molar-refractivity contribution in [3.8, 4) is 44.8 Å². The Bertz CT molecular complexity index is 2610. The standard InChI is InChI=1S/C55H49N3/c1-36-20-16-21-37(2)52(36)42-26-10-8-24-40(42)46-30-18-34-50(56-46)55(44-28-12-14-32-48(44)58(54(5,6)7)49-33-15-13-29-45(49)55)51-35-19-31-47(57-51)41-25-9-11-27-43(41)53-38(3)22-17-23-39(53)4/h8-35H,1-7H3. The molecule has 0 atom stereocenters. The molecule has 0 aliphatic carbocycles. The fourth-order valence-electron chi connectivity index (χ4n) is 9.57. The molecule has 3 heteroatoms. The number of hydrogen-bond acceptors (Lipinski definition) is 3. The maximum atomic E-state index is 5.78. The molecule has 3 heterocycles. The summed E-state index contributed by atoms with van der Waals surface area (Å²) in [6.07, 6.45) is 0. The first-order valence-corrected chi connectivity index (χ1v) is 20.4. The first kappa shape index (κ1) is 37.0. The Labute approximate surface area is 343 Å². The molecule has 2 aromatic heterocycles. The van der Waals surface area contributed by atoms with Crippen LogP contribution in [0, 0.1) is 27.7 Å². The molecule has 3 nitrogen and oxygen atoms in total. The number of fused-ring (bicyclic) bond motifs is 2. The van der Waals surface area contributed by atoms with Gasteiger partial charge in [0.05, 0.1) is 22.8 Å². The van der Waals surface area contributed by atoms with E-state index in [1.54, 1.807) is 0 Å². The van der Waals surface area contributed by atoms with Crippen molar-refractivity contribution in [1.82, 2.24) is 9.97 Å². The lowest BCUT2D eigenvalue weighted by Gasteiger charge is -2.49. The van der Waals surface area contributed by atoms with Crippen molar-refractivity contribution in [2.45, 2.75) is 59.4 Å². The highest BCUT2D eigenvalue weighted by Gasteiger charge is 2.50. The van der Waals surface area contributed by atoms with E-state index in [1.165, 1.54) is 44.5 Å². The van der Waals surface area contributed by atoms with Crippen LogP contribution in [0.1, 0.15) is 65.5 Å². The minimum Gasteiger partial charge on any atom is -0.336 e. The van der Waals surface area contributed by atoms with E-state index >= 15 is 0 Å². The van der Waals surface area contributed by atoms with Crippen molar-refractivity contribution in [3.63, 3.8) is 0 Å². The van der Waals surface area contributed by atoms with E-state index in [0.717, 1.165) is 56.4 Å². The van der Waals surface area contributed by atoms with E-state index in [4.69, 9.17) is 9.97 Å². The summed E-state index contributed by atoms with van der Waals surface area (Å²) >= 11 is 0. The van der Waals surface area contributed by atoms with Gasteiger partial charge < -0.3 is 4.90 Å². The molecular formula is C55H49N3. The van der Waals surface area contributed by atoms with Gasteiger partial charge in [-0.05, 0) is 140 Å². The average molecular weight is 752 g/mol. The Kier molecular flexibility index (Phi) is 9.20. The SMILES string of the molecule is Cc1cccc(C)c1-c1ccccc1-c1cccc(C2(c3cccc(-c4ccccc4-c4c(C)cccc4C)n3)c3ccccc3N(C(C)(C)C)c3ccccc32)n1. The third-order valence-corrected chi connectivity index (χ3v) is 11.9. The molecule has 0 saturated heterocycles. The zero-order valence-corrected chi connectivity index (χ0v) is 34.5. The number of pyridine rings is 2. The van der Waals surface area contributed by atoms with Crippen LogP contribution in [-0.2, 0) is 5.41 Å². The molecule has 1 aliphatic rings. The smallest absolute Gasteiger partial charge is 0.109 e. The van der Waals surface area contributed by atoms with Crippen LogP contribution in [0.25, 0.3) is 44.8 Å². The van der Waals surface area contributed by atoms with Gasteiger partial charge in [0.1, 0.15) is 5.41 Å². The van der Waals surface area contributed by atoms with Gasteiger partial charge in [0, 0.05) is 28.0 Å². The van der Waals surface area contributed by atoms with Gasteiger partial charge in [-0.3, -0.25) is 9.97 Å². The molecule has 8 aromatic rings. The van der Waals surface area contributed by atoms with Crippen LogP contribution in [0.3, 0.4) is 0 Å². The summed E-state index contributed by atoms with van der Waals surface area (Å²) in [5, 5.41) is 0. The molecule has 0 bridgehead atoms. The maximum Gasteiger partial charge on any atom is 0.109 e. The molecule has 1 aliphatic heterocycles. The fourth-order valence-corrected chi connectivity index (χ4v) is 9.57. The van der Waals surface area contributed by atoms with Gasteiger partial charge in [-0.1, -0.05) is 133 Å². The van der Waals surface area contributed by atoms with Gasteiger partial charge in [0.25, 0.3) is 0 Å². The first-order chi connectivity index (χ1) is 28.1. The molecule has 0 N–H and O–H groups in total. The Balaban J connectivity index is 1.36. The highest BCUT2D eigenvalue weighted by atomic mass is 15.2. The van der Waals surface area contributed by atoms with Crippen LogP contribution in [0.5, 0.6) is 0 Å². The second kappa shape index (κ2) is 14.4. The second-order valence-corrected chi connectivity index (χ2v) is 16.7. The molecule has 58 heavy (non-hydrogen) atoms. The van der Waals surface area contributed by atoms with Crippen LogP contribution >= 0.6 is 0 Å². The zero-order chi connectivity index (χ0) is 40.2. The molecule has 6 aromatic carbocycles. The summed E-state index contributed by atoms with van der Waals surface area (Å²) in [4.78, 5) is 14.1. The van der Waals surface area contributed by atoms with Gasteiger partial charge in [0.2, 0.25) is 0 Å². The van der Waals surface area contributed by atoms with E-state index in [1.807, 2.05) is 0 Å². The molecule has 0 spiro atoms. The van der Waals surface area contributed by atoms with Crippen LogP contribution in [-0.4, -0.2) is 15.5 Å². The lowest BCUT2D eigenvalue weighted by Crippen LogP contribution is -2.46. The number of benzene rings is 6. The topological polar surface area (TPSA) is 29.0 Å². The van der Waals surface area contributed by atoms with E-state index < -0.39 is 5.41 Å². The Morgan fingerprint density at radius 1 is 0.379 bits per heavy atom. The van der Waals surface area contributed by atoms with Crippen molar-refractivity contribution in [3.05, 3.63) is 215 Å². The summed E-state index contributed by atoms with van der Waals surface area (Å²) in [7, 11) is 0. The minimum atomic E-state index is -0.859. The van der Waals surface area contributed by atoms with Gasteiger partial charge >= 0.3 is 0 Å². The van der Waals surface area contributed by atoms with Crippen molar-refractivity contribution in [1.29, 1.82) is 0 Å². The van der Waals surface area contributed by atoms with Gasteiger partial charge in [-0.25, -0.2) is 0 Å². The van der Waals surface area contributed by atoms with Gasteiger partial charge in [-0.2, -0.15) is 0 Å². The molecule has 0 saturated carbocycles. The zero-order valence-electron chi connectivity index (χ0n) is 34.5. The van der Waals surface area contributed by atoms with E-state index in [0.29, 0.717) is 0 Å². The third kappa shape index (κ3) is 5.96. The summed E-state index contributed by atoms with van der Waals surface area (Å²) in [5.74, 6) is 0. The predicted octanol–water partition coefficient (Wildman–Crippen LogP) is 14.0. The van der Waals surface area contributed by atoms with Crippen LogP contribution in [0.15, 0.2) is 170 Å². The van der Waals surface area contributed by atoms with E-state index in [2.05, 4.69) is 223 Å². The second-order valence-electron chi connectivity index (χ2n) is 16.7. The summed E-state index contributed by atoms with van der Waals surface area (Å²) in [6, 6.07) is 61.4. The van der Waals surface area contributed by atoms with Crippen LogP contribution in [0.2, 0.25) is 0 Å². The van der Waals surface area contributed by atoms with Gasteiger partial charge in [0.15, 0.2) is 0 Å². The van der Waals surface area contributed by atoms with Crippen LogP contribution in [0.4, 0.5) is 11.4 Å². The Morgan fingerprint density at radius 3 is 1.12 bits per heavy atom. The highest BCUT2D eigenvalue weighted by molar-refractivity contribution is 5.88. The number of hydrogen-bond donors (Lipinski definition) is 0.